The van der Waals surface area contributed by atoms with E-state index in [9.17, 15) is 0 Å². The third-order valence-corrected chi connectivity index (χ3v) is 4.65. The van der Waals surface area contributed by atoms with Gasteiger partial charge in [-0.25, -0.2) is 0 Å². The van der Waals surface area contributed by atoms with Crippen LogP contribution in [0.25, 0.3) is 0 Å². The van der Waals surface area contributed by atoms with Gasteiger partial charge in [0.1, 0.15) is 5.75 Å². The van der Waals surface area contributed by atoms with Crippen LogP contribution in [0, 0.1) is 18.8 Å². The van der Waals surface area contributed by atoms with Gasteiger partial charge in [-0.3, -0.25) is 0 Å². The zero-order valence-electron chi connectivity index (χ0n) is 13.4. The molecule has 1 fully saturated rings. The summed E-state index contributed by atoms with van der Waals surface area (Å²) in [7, 11) is 1.74. The molecule has 0 heterocycles. The van der Waals surface area contributed by atoms with E-state index in [-0.39, 0.29) is 0 Å². The Hall–Kier alpha value is -1.02. The van der Waals surface area contributed by atoms with E-state index in [4.69, 9.17) is 4.74 Å². The van der Waals surface area contributed by atoms with Crippen LogP contribution in [0.2, 0.25) is 0 Å². The molecular formula is C18H29NO. The lowest BCUT2D eigenvalue weighted by molar-refractivity contribution is 0.225. The number of ether oxygens (including phenoxy) is 1. The van der Waals surface area contributed by atoms with Gasteiger partial charge in [-0.05, 0) is 55.3 Å². The summed E-state index contributed by atoms with van der Waals surface area (Å²) in [6, 6.07) is 7.14. The number of aryl methyl sites for hydroxylation is 1. The fourth-order valence-electron chi connectivity index (χ4n) is 3.66. The molecule has 0 aromatic heterocycles. The van der Waals surface area contributed by atoms with Crippen LogP contribution in [0.5, 0.6) is 5.75 Å². The predicted octanol–water partition coefficient (Wildman–Crippen LogP) is 4.48. The molecule has 1 aliphatic rings. The van der Waals surface area contributed by atoms with Crippen LogP contribution in [0.4, 0.5) is 0 Å². The van der Waals surface area contributed by atoms with Crippen molar-refractivity contribution in [2.24, 2.45) is 11.8 Å². The zero-order valence-corrected chi connectivity index (χ0v) is 13.4. The molecule has 20 heavy (non-hydrogen) atoms. The number of methoxy groups -OCH3 is 1. The average Bonchev–Trinajstić information content (AvgIpc) is 2.44. The first kappa shape index (κ1) is 15.4. The van der Waals surface area contributed by atoms with Crippen molar-refractivity contribution < 1.29 is 4.74 Å². The SMILES string of the molecule is CCNC(c1ccc(OC)c(C)c1)C1CCCC(C)C1. The molecule has 1 saturated carbocycles. The van der Waals surface area contributed by atoms with E-state index < -0.39 is 0 Å². The van der Waals surface area contributed by atoms with Crippen LogP contribution in [0.3, 0.4) is 0 Å². The van der Waals surface area contributed by atoms with E-state index >= 15 is 0 Å². The number of rotatable bonds is 5. The quantitative estimate of drug-likeness (QED) is 0.855. The van der Waals surface area contributed by atoms with Crippen LogP contribution < -0.4 is 10.1 Å². The summed E-state index contributed by atoms with van der Waals surface area (Å²) in [6.07, 6.45) is 5.48. The Labute approximate surface area is 123 Å². The van der Waals surface area contributed by atoms with Crippen molar-refractivity contribution >= 4 is 0 Å². The largest absolute Gasteiger partial charge is 0.496 e. The van der Waals surface area contributed by atoms with Crippen LogP contribution in [0.1, 0.15) is 56.7 Å². The van der Waals surface area contributed by atoms with Crippen molar-refractivity contribution in [3.63, 3.8) is 0 Å². The van der Waals surface area contributed by atoms with Gasteiger partial charge in [0.05, 0.1) is 7.11 Å². The molecule has 0 spiro atoms. The number of hydrogen-bond donors (Lipinski definition) is 1. The maximum absolute atomic E-state index is 5.38. The van der Waals surface area contributed by atoms with E-state index in [2.05, 4.69) is 44.3 Å². The van der Waals surface area contributed by atoms with E-state index in [0.29, 0.717) is 6.04 Å². The molecule has 1 N–H and O–H groups in total. The second kappa shape index (κ2) is 7.12. The molecule has 3 atom stereocenters. The van der Waals surface area contributed by atoms with Crippen molar-refractivity contribution in [3.8, 4) is 5.75 Å². The van der Waals surface area contributed by atoms with Crippen molar-refractivity contribution in [2.45, 2.75) is 52.5 Å². The monoisotopic (exact) mass is 275 g/mol. The van der Waals surface area contributed by atoms with Crippen molar-refractivity contribution in [2.75, 3.05) is 13.7 Å². The summed E-state index contributed by atoms with van der Waals surface area (Å²) in [5, 5.41) is 3.71. The normalized spacial score (nSPS) is 24.4. The van der Waals surface area contributed by atoms with Crippen LogP contribution >= 0.6 is 0 Å². The Kier molecular flexibility index (Phi) is 5.47. The third-order valence-electron chi connectivity index (χ3n) is 4.65. The number of hydrogen-bond acceptors (Lipinski definition) is 2. The van der Waals surface area contributed by atoms with E-state index in [1.807, 2.05) is 0 Å². The molecule has 2 rings (SSSR count). The molecule has 1 aromatic carbocycles. The molecule has 1 aromatic rings. The molecule has 0 amide bonds. The zero-order chi connectivity index (χ0) is 14.5. The Morgan fingerprint density at radius 3 is 2.75 bits per heavy atom. The second-order valence-electron chi connectivity index (χ2n) is 6.30. The molecule has 0 bridgehead atoms. The third kappa shape index (κ3) is 3.54. The lowest BCUT2D eigenvalue weighted by Gasteiger charge is -2.34. The maximum Gasteiger partial charge on any atom is 0.121 e. The fourth-order valence-corrected chi connectivity index (χ4v) is 3.66. The van der Waals surface area contributed by atoms with Crippen molar-refractivity contribution in [3.05, 3.63) is 29.3 Å². The van der Waals surface area contributed by atoms with Crippen LogP contribution in [0.15, 0.2) is 18.2 Å². The Balaban J connectivity index is 2.21. The molecule has 0 radical (unpaired) electrons. The lowest BCUT2D eigenvalue weighted by atomic mass is 9.76. The van der Waals surface area contributed by atoms with Crippen molar-refractivity contribution in [1.29, 1.82) is 0 Å². The summed E-state index contributed by atoms with van der Waals surface area (Å²) in [5.74, 6) is 2.63. The number of benzene rings is 1. The van der Waals surface area contributed by atoms with Gasteiger partial charge in [0, 0.05) is 6.04 Å². The molecule has 2 heteroatoms. The smallest absolute Gasteiger partial charge is 0.121 e. The van der Waals surface area contributed by atoms with Gasteiger partial charge < -0.3 is 10.1 Å². The second-order valence-corrected chi connectivity index (χ2v) is 6.30. The van der Waals surface area contributed by atoms with Gasteiger partial charge in [-0.1, -0.05) is 38.8 Å². The Morgan fingerprint density at radius 1 is 1.35 bits per heavy atom. The summed E-state index contributed by atoms with van der Waals surface area (Å²) < 4.78 is 5.38. The topological polar surface area (TPSA) is 21.3 Å². The van der Waals surface area contributed by atoms with Gasteiger partial charge in [0.15, 0.2) is 0 Å². The van der Waals surface area contributed by atoms with Gasteiger partial charge in [-0.15, -0.1) is 0 Å². The first-order chi connectivity index (χ1) is 9.65. The summed E-state index contributed by atoms with van der Waals surface area (Å²) in [5.41, 5.74) is 2.65. The van der Waals surface area contributed by atoms with Crippen LogP contribution in [-0.4, -0.2) is 13.7 Å². The summed E-state index contributed by atoms with van der Waals surface area (Å²) in [6.45, 7) is 7.76. The Bertz CT molecular complexity index is 429. The number of nitrogens with one attached hydrogen (secondary N) is 1. The highest BCUT2D eigenvalue weighted by Crippen LogP contribution is 2.38. The highest BCUT2D eigenvalue weighted by Gasteiger charge is 2.27. The Morgan fingerprint density at radius 2 is 2.15 bits per heavy atom. The molecular weight excluding hydrogens is 246 g/mol. The molecule has 0 aliphatic heterocycles. The lowest BCUT2D eigenvalue weighted by Crippen LogP contribution is -2.31. The molecule has 0 saturated heterocycles. The van der Waals surface area contributed by atoms with Crippen LogP contribution in [-0.2, 0) is 0 Å². The average molecular weight is 275 g/mol. The summed E-state index contributed by atoms with van der Waals surface area (Å²) >= 11 is 0. The first-order valence-corrected chi connectivity index (χ1v) is 8.03. The molecule has 112 valence electrons. The van der Waals surface area contributed by atoms with Gasteiger partial charge in [-0.2, -0.15) is 0 Å². The minimum Gasteiger partial charge on any atom is -0.496 e. The highest BCUT2D eigenvalue weighted by atomic mass is 16.5. The van der Waals surface area contributed by atoms with E-state index in [1.54, 1.807) is 7.11 Å². The fraction of sp³-hybridized carbons (Fsp3) is 0.667. The first-order valence-electron chi connectivity index (χ1n) is 8.03. The highest BCUT2D eigenvalue weighted by molar-refractivity contribution is 5.37. The standard InChI is InChI=1S/C18H29NO/c1-5-19-18(15-8-6-7-13(2)11-15)16-9-10-17(20-4)14(3)12-16/h9-10,12-13,15,18-19H,5-8,11H2,1-4H3. The molecule has 3 unspecified atom stereocenters. The minimum absolute atomic E-state index is 0.493. The van der Waals surface area contributed by atoms with E-state index in [1.165, 1.54) is 36.8 Å². The van der Waals surface area contributed by atoms with Gasteiger partial charge in [0.2, 0.25) is 0 Å². The van der Waals surface area contributed by atoms with E-state index in [0.717, 1.165) is 24.1 Å². The predicted molar refractivity (Wildman–Crippen MR) is 85.3 cm³/mol. The molecule has 2 nitrogen and oxygen atoms in total. The van der Waals surface area contributed by atoms with Gasteiger partial charge >= 0.3 is 0 Å². The van der Waals surface area contributed by atoms with Gasteiger partial charge in [0.25, 0.3) is 0 Å². The minimum atomic E-state index is 0.493. The van der Waals surface area contributed by atoms with Crippen molar-refractivity contribution in [1.82, 2.24) is 5.32 Å². The maximum atomic E-state index is 5.38. The summed E-state index contributed by atoms with van der Waals surface area (Å²) in [4.78, 5) is 0. The molecule has 1 aliphatic carbocycles.